The molecule has 3 heterocycles. The number of nitrogens with one attached hydrogen (secondary N) is 1. The van der Waals surface area contributed by atoms with Crippen LogP contribution < -0.4 is 14.8 Å². The number of carbonyl (C=O) groups excluding carboxylic acids is 2. The van der Waals surface area contributed by atoms with Crippen LogP contribution in [0.3, 0.4) is 0 Å². The van der Waals surface area contributed by atoms with Crippen molar-refractivity contribution in [3.05, 3.63) is 35.2 Å². The number of anilines is 1. The second-order valence-corrected chi connectivity index (χ2v) is 10.3. The van der Waals surface area contributed by atoms with Gasteiger partial charge in [0, 0.05) is 29.7 Å². The van der Waals surface area contributed by atoms with E-state index in [0.717, 1.165) is 11.3 Å². The van der Waals surface area contributed by atoms with Crippen LogP contribution in [0.1, 0.15) is 4.88 Å². The number of morpholine rings is 1. The SMILES string of the molecule is O=C(COC(=O)Cc1ccc(S(=O)(=O)N2CCOCC2)s1)Nc1ccc2c(c1)OCCO2. The summed E-state index contributed by atoms with van der Waals surface area (Å²) in [5.74, 6) is 0.00879. The number of hydrogen-bond acceptors (Lipinski definition) is 9. The van der Waals surface area contributed by atoms with E-state index in [-0.39, 0.29) is 10.6 Å². The minimum absolute atomic E-state index is 0.124. The predicted molar refractivity (Wildman–Crippen MR) is 115 cm³/mol. The molecule has 172 valence electrons. The van der Waals surface area contributed by atoms with Gasteiger partial charge >= 0.3 is 5.97 Å². The number of ether oxygens (including phenoxy) is 4. The average Bonchev–Trinajstić information content (AvgIpc) is 3.27. The number of rotatable bonds is 7. The highest BCUT2D eigenvalue weighted by atomic mass is 32.2. The Hall–Kier alpha value is -2.67. The maximum atomic E-state index is 12.7. The summed E-state index contributed by atoms with van der Waals surface area (Å²) >= 11 is 1.01. The van der Waals surface area contributed by atoms with Crippen LogP contribution in [0.5, 0.6) is 11.5 Å². The van der Waals surface area contributed by atoms with Gasteiger partial charge in [-0.05, 0) is 24.3 Å². The van der Waals surface area contributed by atoms with E-state index in [9.17, 15) is 18.0 Å². The van der Waals surface area contributed by atoms with Crippen LogP contribution in [-0.2, 0) is 35.5 Å². The smallest absolute Gasteiger partial charge is 0.311 e. The lowest BCUT2D eigenvalue weighted by atomic mass is 10.2. The number of thiophene rings is 1. The number of fused-ring (bicyclic) bond motifs is 1. The Bertz CT molecular complexity index is 1090. The maximum Gasteiger partial charge on any atom is 0.311 e. The molecule has 12 heteroatoms. The molecule has 2 aliphatic rings. The van der Waals surface area contributed by atoms with Crippen molar-refractivity contribution in [2.24, 2.45) is 0 Å². The zero-order valence-electron chi connectivity index (χ0n) is 17.1. The Kier molecular flexibility index (Phi) is 6.94. The van der Waals surface area contributed by atoms with E-state index in [4.69, 9.17) is 18.9 Å². The molecule has 0 aliphatic carbocycles. The van der Waals surface area contributed by atoms with Crippen LogP contribution in [0.25, 0.3) is 0 Å². The Balaban J connectivity index is 1.26. The van der Waals surface area contributed by atoms with Crippen LogP contribution in [0.15, 0.2) is 34.5 Å². The van der Waals surface area contributed by atoms with Crippen LogP contribution in [-0.4, -0.2) is 70.7 Å². The lowest BCUT2D eigenvalue weighted by molar-refractivity contribution is -0.146. The van der Waals surface area contributed by atoms with Crippen molar-refractivity contribution in [3.8, 4) is 11.5 Å². The third-order valence-corrected chi connectivity index (χ3v) is 8.16. The van der Waals surface area contributed by atoms with Gasteiger partial charge in [-0.15, -0.1) is 11.3 Å². The molecule has 0 atom stereocenters. The second-order valence-electron chi connectivity index (χ2n) is 6.98. The fourth-order valence-corrected chi connectivity index (χ4v) is 6.07. The Morgan fingerprint density at radius 1 is 1.03 bits per heavy atom. The highest BCUT2D eigenvalue weighted by Crippen LogP contribution is 2.32. The van der Waals surface area contributed by atoms with E-state index in [1.165, 1.54) is 10.4 Å². The zero-order valence-corrected chi connectivity index (χ0v) is 18.7. The van der Waals surface area contributed by atoms with Crippen molar-refractivity contribution < 1.29 is 37.0 Å². The fourth-order valence-electron chi connectivity index (χ4n) is 3.16. The summed E-state index contributed by atoms with van der Waals surface area (Å²) in [5, 5.41) is 2.63. The molecule has 1 N–H and O–H groups in total. The van der Waals surface area contributed by atoms with Crippen LogP contribution in [0.4, 0.5) is 5.69 Å². The summed E-state index contributed by atoms with van der Waals surface area (Å²) < 4.78 is 48.0. The molecule has 1 fully saturated rings. The standard InChI is InChI=1S/C20H22N2O8S2/c23-18(21-14-1-3-16-17(11-14)29-10-9-28-16)13-30-19(24)12-15-2-4-20(31-15)32(25,26)22-5-7-27-8-6-22/h1-4,11H,5-10,12-13H2,(H,21,23). The zero-order chi connectivity index (χ0) is 22.6. The van der Waals surface area contributed by atoms with Gasteiger partial charge in [0.1, 0.15) is 17.4 Å². The Morgan fingerprint density at radius 3 is 2.56 bits per heavy atom. The van der Waals surface area contributed by atoms with Gasteiger partial charge in [-0.2, -0.15) is 4.31 Å². The summed E-state index contributed by atoms with van der Waals surface area (Å²) in [4.78, 5) is 24.7. The molecule has 0 saturated carbocycles. The Labute approximate surface area is 189 Å². The summed E-state index contributed by atoms with van der Waals surface area (Å²) in [5.41, 5.74) is 0.492. The van der Waals surface area contributed by atoms with Crippen LogP contribution >= 0.6 is 11.3 Å². The number of nitrogens with zero attached hydrogens (tertiary/aromatic N) is 1. The van der Waals surface area contributed by atoms with Gasteiger partial charge in [0.2, 0.25) is 0 Å². The lowest BCUT2D eigenvalue weighted by Gasteiger charge is -2.25. The highest BCUT2D eigenvalue weighted by molar-refractivity contribution is 7.91. The summed E-state index contributed by atoms with van der Waals surface area (Å²) in [7, 11) is -3.61. The largest absolute Gasteiger partial charge is 0.486 e. The second kappa shape index (κ2) is 9.86. The first-order valence-corrected chi connectivity index (χ1v) is 12.2. The van der Waals surface area contributed by atoms with Gasteiger partial charge < -0.3 is 24.3 Å². The van der Waals surface area contributed by atoms with E-state index in [1.54, 1.807) is 24.3 Å². The summed E-state index contributed by atoms with van der Waals surface area (Å²) in [6.45, 7) is 1.76. The molecule has 1 aromatic heterocycles. The van der Waals surface area contributed by atoms with Crippen LogP contribution in [0.2, 0.25) is 0 Å². The van der Waals surface area contributed by atoms with Gasteiger partial charge in [0.05, 0.1) is 19.6 Å². The number of sulfonamides is 1. The van der Waals surface area contributed by atoms with Gasteiger partial charge in [0.15, 0.2) is 18.1 Å². The molecule has 0 unspecified atom stereocenters. The molecule has 32 heavy (non-hydrogen) atoms. The lowest BCUT2D eigenvalue weighted by Crippen LogP contribution is -2.40. The first-order valence-electron chi connectivity index (χ1n) is 9.93. The number of amides is 1. The third kappa shape index (κ3) is 5.38. The predicted octanol–water partition coefficient (Wildman–Crippen LogP) is 1.26. The number of esters is 1. The van der Waals surface area contributed by atoms with Crippen molar-refractivity contribution in [2.45, 2.75) is 10.6 Å². The number of hydrogen-bond donors (Lipinski definition) is 1. The number of carbonyl (C=O) groups is 2. The first-order chi connectivity index (χ1) is 15.4. The molecular formula is C20H22N2O8S2. The molecule has 1 amide bonds. The molecule has 1 saturated heterocycles. The van der Waals surface area contributed by atoms with Gasteiger partial charge in [-0.25, -0.2) is 8.42 Å². The van der Waals surface area contributed by atoms with Crippen LogP contribution in [0, 0.1) is 0 Å². The first kappa shape index (κ1) is 22.5. The van der Waals surface area contributed by atoms with Crippen molar-refractivity contribution in [1.29, 1.82) is 0 Å². The molecule has 0 spiro atoms. The van der Waals surface area contributed by atoms with E-state index >= 15 is 0 Å². The van der Waals surface area contributed by atoms with Crippen molar-refractivity contribution in [1.82, 2.24) is 4.31 Å². The topological polar surface area (TPSA) is 120 Å². The van der Waals surface area contributed by atoms with Crippen molar-refractivity contribution in [3.63, 3.8) is 0 Å². The minimum Gasteiger partial charge on any atom is -0.486 e. The molecule has 10 nitrogen and oxygen atoms in total. The quantitative estimate of drug-likeness (QED) is 0.586. The van der Waals surface area contributed by atoms with Crippen molar-refractivity contribution >= 4 is 38.9 Å². The van der Waals surface area contributed by atoms with E-state index < -0.39 is 28.5 Å². The third-order valence-electron chi connectivity index (χ3n) is 4.71. The van der Waals surface area contributed by atoms with E-state index in [2.05, 4.69) is 5.32 Å². The summed E-state index contributed by atoms with van der Waals surface area (Å²) in [6.07, 6.45) is -0.124. The fraction of sp³-hybridized carbons (Fsp3) is 0.400. The van der Waals surface area contributed by atoms with E-state index in [1.807, 2.05) is 0 Å². The van der Waals surface area contributed by atoms with Gasteiger partial charge in [0.25, 0.3) is 15.9 Å². The van der Waals surface area contributed by atoms with Gasteiger partial charge in [-0.1, -0.05) is 0 Å². The van der Waals surface area contributed by atoms with E-state index in [0.29, 0.717) is 61.6 Å². The average molecular weight is 483 g/mol. The molecule has 2 aromatic rings. The normalized spacial score (nSPS) is 16.4. The molecule has 0 radical (unpaired) electrons. The van der Waals surface area contributed by atoms with Gasteiger partial charge in [-0.3, -0.25) is 9.59 Å². The maximum absolute atomic E-state index is 12.7. The van der Waals surface area contributed by atoms with Crippen molar-refractivity contribution in [2.75, 3.05) is 51.4 Å². The minimum atomic E-state index is -3.61. The highest BCUT2D eigenvalue weighted by Gasteiger charge is 2.28. The summed E-state index contributed by atoms with van der Waals surface area (Å²) in [6, 6.07) is 8.04. The monoisotopic (exact) mass is 482 g/mol. The molecule has 4 rings (SSSR count). The molecular weight excluding hydrogens is 460 g/mol. The molecule has 2 aliphatic heterocycles. The molecule has 0 bridgehead atoms. The number of benzene rings is 1. The Morgan fingerprint density at radius 2 is 1.78 bits per heavy atom. The molecule has 1 aromatic carbocycles.